The lowest BCUT2D eigenvalue weighted by Crippen LogP contribution is -2.23. The van der Waals surface area contributed by atoms with E-state index in [-0.39, 0.29) is 23.3 Å². The SMILES string of the molecule is COc1ccccc1C(=O)Nc1ccc2c(-c3ccc(F)cc3)c(N)n(C3CC3)c(=O)c2c1. The molecule has 3 aromatic carbocycles. The zero-order valence-electron chi connectivity index (χ0n) is 18.0. The topological polar surface area (TPSA) is 86.3 Å². The highest BCUT2D eigenvalue weighted by Crippen LogP contribution is 2.41. The van der Waals surface area contributed by atoms with E-state index in [9.17, 15) is 14.0 Å². The third kappa shape index (κ3) is 3.71. The van der Waals surface area contributed by atoms with Gasteiger partial charge in [0.25, 0.3) is 11.5 Å². The van der Waals surface area contributed by atoms with Gasteiger partial charge in [0.2, 0.25) is 0 Å². The molecule has 1 saturated carbocycles. The molecule has 166 valence electrons. The van der Waals surface area contributed by atoms with Crippen molar-refractivity contribution < 1.29 is 13.9 Å². The Kier molecular flexibility index (Phi) is 5.09. The molecule has 0 unspecified atom stereocenters. The van der Waals surface area contributed by atoms with Crippen molar-refractivity contribution in [2.75, 3.05) is 18.2 Å². The minimum atomic E-state index is -0.349. The maximum absolute atomic E-state index is 13.5. The third-order valence-electron chi connectivity index (χ3n) is 5.91. The molecule has 0 spiro atoms. The predicted octanol–water partition coefficient (Wildman–Crippen LogP) is 4.99. The van der Waals surface area contributed by atoms with E-state index in [1.54, 1.807) is 59.2 Å². The van der Waals surface area contributed by atoms with E-state index in [0.29, 0.717) is 39.2 Å². The van der Waals surface area contributed by atoms with Gasteiger partial charge in [-0.25, -0.2) is 4.39 Å². The summed E-state index contributed by atoms with van der Waals surface area (Å²) in [4.78, 5) is 26.2. The summed E-state index contributed by atoms with van der Waals surface area (Å²) in [6, 6.07) is 18.2. The molecule has 6 nitrogen and oxygen atoms in total. The van der Waals surface area contributed by atoms with E-state index in [0.717, 1.165) is 18.4 Å². The van der Waals surface area contributed by atoms with E-state index < -0.39 is 0 Å². The number of nitrogens with zero attached hydrogens (tertiary/aromatic N) is 1. The lowest BCUT2D eigenvalue weighted by molar-refractivity contribution is 0.102. The Balaban J connectivity index is 1.64. The van der Waals surface area contributed by atoms with Crippen LogP contribution in [0.2, 0.25) is 0 Å². The van der Waals surface area contributed by atoms with Crippen LogP contribution in [-0.2, 0) is 0 Å². The number of ether oxygens (including phenoxy) is 1. The minimum absolute atomic E-state index is 0.0490. The van der Waals surface area contributed by atoms with Crippen LogP contribution in [0.15, 0.2) is 71.5 Å². The zero-order valence-corrected chi connectivity index (χ0v) is 18.0. The second-order valence-electron chi connectivity index (χ2n) is 8.09. The molecular formula is C26H22FN3O3. The van der Waals surface area contributed by atoms with Crippen LogP contribution in [0.4, 0.5) is 15.9 Å². The number of aromatic nitrogens is 1. The molecular weight excluding hydrogens is 421 g/mol. The first kappa shape index (κ1) is 20.8. The van der Waals surface area contributed by atoms with Crippen molar-refractivity contribution in [3.8, 4) is 16.9 Å². The molecule has 1 amide bonds. The third-order valence-corrected chi connectivity index (χ3v) is 5.91. The smallest absolute Gasteiger partial charge is 0.260 e. The molecule has 3 N–H and O–H groups in total. The Hall–Kier alpha value is -4.13. The normalized spacial score (nSPS) is 13.2. The molecule has 33 heavy (non-hydrogen) atoms. The summed E-state index contributed by atoms with van der Waals surface area (Å²) < 4.78 is 20.4. The van der Waals surface area contributed by atoms with E-state index in [1.807, 2.05) is 0 Å². The first-order valence-corrected chi connectivity index (χ1v) is 10.7. The Morgan fingerprint density at radius 2 is 1.79 bits per heavy atom. The summed E-state index contributed by atoms with van der Waals surface area (Å²) in [5.41, 5.74) is 8.54. The number of nitrogens with one attached hydrogen (secondary N) is 1. The monoisotopic (exact) mass is 443 g/mol. The first-order valence-electron chi connectivity index (χ1n) is 10.7. The number of anilines is 2. The van der Waals surface area contributed by atoms with Crippen molar-refractivity contribution in [1.29, 1.82) is 0 Å². The van der Waals surface area contributed by atoms with Gasteiger partial charge in [0, 0.05) is 17.3 Å². The zero-order chi connectivity index (χ0) is 23.1. The van der Waals surface area contributed by atoms with Gasteiger partial charge in [0.15, 0.2) is 0 Å². The second kappa shape index (κ2) is 8.09. The molecule has 0 atom stereocenters. The lowest BCUT2D eigenvalue weighted by atomic mass is 9.98. The molecule has 5 rings (SSSR count). The minimum Gasteiger partial charge on any atom is -0.496 e. The number of carbonyl (C=O) groups is 1. The number of halogens is 1. The van der Waals surface area contributed by atoms with Crippen LogP contribution >= 0.6 is 0 Å². The molecule has 1 fully saturated rings. The molecule has 1 aliphatic rings. The van der Waals surface area contributed by atoms with Crippen molar-refractivity contribution in [1.82, 2.24) is 4.57 Å². The quantitative estimate of drug-likeness (QED) is 0.455. The maximum Gasteiger partial charge on any atom is 0.260 e. The molecule has 1 heterocycles. The van der Waals surface area contributed by atoms with Crippen LogP contribution in [-0.4, -0.2) is 17.6 Å². The van der Waals surface area contributed by atoms with Crippen LogP contribution in [0.5, 0.6) is 5.75 Å². The van der Waals surface area contributed by atoms with Gasteiger partial charge < -0.3 is 15.8 Å². The summed E-state index contributed by atoms with van der Waals surface area (Å²) in [6.07, 6.45) is 1.76. The number of benzene rings is 3. The van der Waals surface area contributed by atoms with Crippen LogP contribution in [0.1, 0.15) is 29.2 Å². The highest BCUT2D eigenvalue weighted by Gasteiger charge is 2.29. The predicted molar refractivity (Wildman–Crippen MR) is 127 cm³/mol. The number of para-hydroxylation sites is 1. The Bertz CT molecular complexity index is 1440. The number of fused-ring (bicyclic) bond motifs is 1. The van der Waals surface area contributed by atoms with Crippen LogP contribution in [0.25, 0.3) is 21.9 Å². The largest absolute Gasteiger partial charge is 0.496 e. The molecule has 0 radical (unpaired) electrons. The number of nitrogens with two attached hydrogens (primary N) is 1. The molecule has 7 heteroatoms. The second-order valence-corrected chi connectivity index (χ2v) is 8.09. The average molecular weight is 443 g/mol. The number of amides is 1. The van der Waals surface area contributed by atoms with Crippen molar-refractivity contribution >= 4 is 28.2 Å². The van der Waals surface area contributed by atoms with Gasteiger partial charge in [-0.15, -0.1) is 0 Å². The summed E-state index contributed by atoms with van der Waals surface area (Å²) >= 11 is 0. The molecule has 1 aliphatic carbocycles. The van der Waals surface area contributed by atoms with Gasteiger partial charge in [-0.05, 0) is 60.2 Å². The number of methoxy groups -OCH3 is 1. The van der Waals surface area contributed by atoms with Crippen molar-refractivity contribution in [2.45, 2.75) is 18.9 Å². The van der Waals surface area contributed by atoms with Crippen LogP contribution in [0.3, 0.4) is 0 Å². The summed E-state index contributed by atoms with van der Waals surface area (Å²) in [6.45, 7) is 0. The van der Waals surface area contributed by atoms with Crippen LogP contribution < -0.4 is 21.3 Å². The molecule has 0 bridgehead atoms. The fraction of sp³-hybridized carbons (Fsp3) is 0.154. The van der Waals surface area contributed by atoms with Crippen molar-refractivity contribution in [3.05, 3.63) is 88.5 Å². The van der Waals surface area contributed by atoms with Crippen molar-refractivity contribution in [2.24, 2.45) is 0 Å². The van der Waals surface area contributed by atoms with Gasteiger partial charge in [-0.3, -0.25) is 14.2 Å². The van der Waals surface area contributed by atoms with E-state index in [1.165, 1.54) is 19.2 Å². The number of hydrogen-bond donors (Lipinski definition) is 2. The van der Waals surface area contributed by atoms with Crippen LogP contribution in [0, 0.1) is 5.82 Å². The number of rotatable bonds is 5. The first-order chi connectivity index (χ1) is 16.0. The highest BCUT2D eigenvalue weighted by atomic mass is 19.1. The summed E-state index contributed by atoms with van der Waals surface area (Å²) in [5.74, 6) is 0.132. The molecule has 4 aromatic rings. The fourth-order valence-electron chi connectivity index (χ4n) is 4.16. The Morgan fingerprint density at radius 3 is 2.48 bits per heavy atom. The summed E-state index contributed by atoms with van der Waals surface area (Å²) in [5, 5.41) is 3.94. The summed E-state index contributed by atoms with van der Waals surface area (Å²) in [7, 11) is 1.50. The number of hydrogen-bond acceptors (Lipinski definition) is 4. The highest BCUT2D eigenvalue weighted by molar-refractivity contribution is 6.08. The Morgan fingerprint density at radius 1 is 1.06 bits per heavy atom. The van der Waals surface area contributed by atoms with Gasteiger partial charge in [-0.1, -0.05) is 30.3 Å². The van der Waals surface area contributed by atoms with Gasteiger partial charge in [-0.2, -0.15) is 0 Å². The molecule has 0 aliphatic heterocycles. The maximum atomic E-state index is 13.5. The van der Waals surface area contributed by atoms with E-state index in [4.69, 9.17) is 10.5 Å². The Labute approximate surface area is 189 Å². The lowest BCUT2D eigenvalue weighted by Gasteiger charge is -2.17. The number of carbonyl (C=O) groups excluding carboxylic acids is 1. The molecule has 1 aromatic heterocycles. The standard InChI is InChI=1S/C26H22FN3O3/c1-33-22-5-3-2-4-20(22)25(31)29-17-10-13-19-21(14-17)26(32)30(18-11-12-18)24(28)23(19)15-6-8-16(27)9-7-15/h2-10,13-14,18H,11-12,28H2,1H3,(H,29,31). The number of nitrogen functional groups attached to an aromatic ring is 1. The van der Waals surface area contributed by atoms with E-state index in [2.05, 4.69) is 5.32 Å². The van der Waals surface area contributed by atoms with Gasteiger partial charge >= 0.3 is 0 Å². The van der Waals surface area contributed by atoms with Crippen molar-refractivity contribution in [3.63, 3.8) is 0 Å². The van der Waals surface area contributed by atoms with Gasteiger partial charge in [0.05, 0.1) is 18.1 Å². The number of pyridine rings is 1. The fourth-order valence-corrected chi connectivity index (χ4v) is 4.16. The molecule has 0 saturated heterocycles. The van der Waals surface area contributed by atoms with E-state index >= 15 is 0 Å². The average Bonchev–Trinajstić information content (AvgIpc) is 3.66. The van der Waals surface area contributed by atoms with Gasteiger partial charge in [0.1, 0.15) is 17.4 Å².